The van der Waals surface area contributed by atoms with Crippen molar-refractivity contribution in [1.82, 2.24) is 20.9 Å². The second-order valence-corrected chi connectivity index (χ2v) is 11.6. The van der Waals surface area contributed by atoms with Crippen LogP contribution in [0.2, 0.25) is 0 Å². The summed E-state index contributed by atoms with van der Waals surface area (Å²) in [7, 11) is 0. The van der Waals surface area contributed by atoms with Crippen molar-refractivity contribution in [3.63, 3.8) is 0 Å². The predicted molar refractivity (Wildman–Crippen MR) is 171 cm³/mol. The Labute approximate surface area is 253 Å². The molecule has 0 aliphatic carbocycles. The van der Waals surface area contributed by atoms with Crippen molar-refractivity contribution in [2.45, 2.75) is 76.4 Å². The molecule has 1 aliphatic heterocycles. The maximum atomic E-state index is 13.5. The highest BCUT2D eigenvalue weighted by Gasteiger charge is 2.32. The van der Waals surface area contributed by atoms with Crippen LogP contribution in [0.5, 0.6) is 0 Å². The van der Waals surface area contributed by atoms with Gasteiger partial charge in [0.15, 0.2) is 0 Å². The normalized spacial score (nSPS) is 17.0. The number of ketones is 1. The van der Waals surface area contributed by atoms with E-state index in [2.05, 4.69) is 57.3 Å². The number of aromatic nitrogens is 1. The molecule has 0 unspecified atom stereocenters. The smallest absolute Gasteiger partial charge is 0.242 e. The van der Waals surface area contributed by atoms with Gasteiger partial charge in [0.2, 0.25) is 11.8 Å². The maximum Gasteiger partial charge on any atom is 0.242 e. The third kappa shape index (κ3) is 7.99. The topological polar surface area (TPSA) is 103 Å². The molecule has 5 rings (SSSR count). The van der Waals surface area contributed by atoms with E-state index >= 15 is 0 Å². The van der Waals surface area contributed by atoms with Gasteiger partial charge in [-0.05, 0) is 61.8 Å². The van der Waals surface area contributed by atoms with Crippen LogP contribution >= 0.6 is 0 Å². The first kappa shape index (κ1) is 30.2. The summed E-state index contributed by atoms with van der Waals surface area (Å²) in [6.07, 6.45) is 5.73. The highest BCUT2D eigenvalue weighted by atomic mass is 16.2. The minimum absolute atomic E-state index is 0.130. The number of unbranched alkanes of at least 4 members (excludes halogenated alkanes) is 2. The van der Waals surface area contributed by atoms with Crippen LogP contribution in [0.15, 0.2) is 84.9 Å². The van der Waals surface area contributed by atoms with E-state index in [1.165, 1.54) is 5.56 Å². The number of H-pyrrole nitrogens is 1. The zero-order chi connectivity index (χ0) is 30.0. The third-order valence-corrected chi connectivity index (χ3v) is 8.37. The lowest BCUT2D eigenvalue weighted by Gasteiger charge is -2.21. The number of fused-ring (bicyclic) bond motifs is 1. The monoisotopic (exact) mass is 578 g/mol. The molecule has 2 amide bonds. The molecule has 7 heteroatoms. The first-order valence-electron chi connectivity index (χ1n) is 15.5. The SMILES string of the molecule is CC(=O)CCCCC[C@H](NC(=O)[C@H]1CC[C@H](c2ccccc2)N1)C(=O)NCCc1c(-c2ccccc2)[nH]c2ccccc12. The Hall–Kier alpha value is -4.23. The van der Waals surface area contributed by atoms with Crippen LogP contribution in [0.3, 0.4) is 0 Å². The molecule has 4 N–H and O–H groups in total. The molecule has 0 saturated carbocycles. The van der Waals surface area contributed by atoms with E-state index in [0.29, 0.717) is 25.8 Å². The number of Topliss-reactive ketones (excluding diaryl/α,β-unsaturated/α-hetero) is 1. The van der Waals surface area contributed by atoms with E-state index in [4.69, 9.17) is 0 Å². The number of nitrogens with one attached hydrogen (secondary N) is 4. The van der Waals surface area contributed by atoms with Crippen molar-refractivity contribution in [2.24, 2.45) is 0 Å². The standard InChI is InChI=1S/C36H42N4O3/c1-25(41)13-5-2-10-20-32(40-36(43)33-22-21-30(38-33)26-14-6-3-7-15-26)35(42)37-24-23-29-28-18-11-12-19-31(28)39-34(29)27-16-8-4-9-17-27/h3-4,6-9,11-12,14-19,30,32-33,38-39H,2,5,10,13,20-24H2,1H3,(H,37,42)(H,40,43)/t30-,32+,33-/m1/s1. The van der Waals surface area contributed by atoms with E-state index in [1.54, 1.807) is 6.92 Å². The number of para-hydroxylation sites is 1. The summed E-state index contributed by atoms with van der Waals surface area (Å²) < 4.78 is 0. The van der Waals surface area contributed by atoms with Crippen molar-refractivity contribution in [3.05, 3.63) is 96.1 Å². The van der Waals surface area contributed by atoms with Crippen molar-refractivity contribution in [3.8, 4) is 11.3 Å². The Morgan fingerprint density at radius 3 is 2.35 bits per heavy atom. The number of hydrogen-bond donors (Lipinski definition) is 4. The zero-order valence-corrected chi connectivity index (χ0v) is 24.9. The van der Waals surface area contributed by atoms with Crippen LogP contribution < -0.4 is 16.0 Å². The van der Waals surface area contributed by atoms with Gasteiger partial charge in [-0.3, -0.25) is 14.9 Å². The van der Waals surface area contributed by atoms with Gasteiger partial charge in [0.25, 0.3) is 0 Å². The van der Waals surface area contributed by atoms with Crippen molar-refractivity contribution in [2.75, 3.05) is 6.54 Å². The van der Waals surface area contributed by atoms with Gasteiger partial charge in [0.05, 0.1) is 6.04 Å². The third-order valence-electron chi connectivity index (χ3n) is 8.37. The molecule has 0 spiro atoms. The van der Waals surface area contributed by atoms with Crippen LogP contribution in [0.25, 0.3) is 22.2 Å². The maximum absolute atomic E-state index is 13.5. The van der Waals surface area contributed by atoms with Gasteiger partial charge >= 0.3 is 0 Å². The number of carbonyl (C=O) groups is 3. The number of benzene rings is 3. The van der Waals surface area contributed by atoms with Crippen LogP contribution in [0.4, 0.5) is 0 Å². The van der Waals surface area contributed by atoms with Gasteiger partial charge < -0.3 is 20.4 Å². The average Bonchev–Trinajstić information content (AvgIpc) is 3.67. The highest BCUT2D eigenvalue weighted by Crippen LogP contribution is 2.30. The van der Waals surface area contributed by atoms with Gasteiger partial charge in [-0.2, -0.15) is 0 Å². The molecular weight excluding hydrogens is 536 g/mol. The average molecular weight is 579 g/mol. The lowest BCUT2D eigenvalue weighted by atomic mass is 10.0. The summed E-state index contributed by atoms with van der Waals surface area (Å²) in [5, 5.41) is 10.8. The number of carbonyl (C=O) groups excluding carboxylic acids is 3. The summed E-state index contributed by atoms with van der Waals surface area (Å²) in [4.78, 5) is 41.7. The molecule has 1 aromatic heterocycles. The predicted octanol–water partition coefficient (Wildman–Crippen LogP) is 6.01. The summed E-state index contributed by atoms with van der Waals surface area (Å²) in [5.74, 6) is -0.126. The Morgan fingerprint density at radius 1 is 0.860 bits per heavy atom. The van der Waals surface area contributed by atoms with Crippen molar-refractivity contribution in [1.29, 1.82) is 0 Å². The Morgan fingerprint density at radius 2 is 1.58 bits per heavy atom. The van der Waals surface area contributed by atoms with Crippen LogP contribution in [-0.2, 0) is 20.8 Å². The summed E-state index contributed by atoms with van der Waals surface area (Å²) in [6, 6.07) is 27.8. The molecule has 0 radical (unpaired) electrons. The van der Waals surface area contributed by atoms with Crippen molar-refractivity contribution >= 4 is 28.5 Å². The van der Waals surface area contributed by atoms with E-state index in [-0.39, 0.29) is 29.7 Å². The fourth-order valence-corrected chi connectivity index (χ4v) is 6.08. The van der Waals surface area contributed by atoms with Gasteiger partial charge in [-0.15, -0.1) is 0 Å². The first-order valence-corrected chi connectivity index (χ1v) is 15.5. The van der Waals surface area contributed by atoms with E-state index in [1.807, 2.05) is 48.5 Å². The summed E-state index contributed by atoms with van der Waals surface area (Å²) in [5.41, 5.74) is 5.57. The molecule has 7 nitrogen and oxygen atoms in total. The highest BCUT2D eigenvalue weighted by molar-refractivity contribution is 5.92. The molecule has 0 bridgehead atoms. The first-order chi connectivity index (χ1) is 21.0. The minimum Gasteiger partial charge on any atom is -0.354 e. The summed E-state index contributed by atoms with van der Waals surface area (Å²) in [6.45, 7) is 2.06. The fourth-order valence-electron chi connectivity index (χ4n) is 6.08. The fraction of sp³-hybridized carbons (Fsp3) is 0.361. The molecule has 43 heavy (non-hydrogen) atoms. The number of aromatic amines is 1. The molecular formula is C36H42N4O3. The molecule has 1 aliphatic rings. The lowest BCUT2D eigenvalue weighted by molar-refractivity contribution is -0.130. The van der Waals surface area contributed by atoms with Gasteiger partial charge in [-0.25, -0.2) is 0 Å². The largest absolute Gasteiger partial charge is 0.354 e. The van der Waals surface area contributed by atoms with E-state index < -0.39 is 6.04 Å². The number of rotatable bonds is 14. The van der Waals surface area contributed by atoms with Gasteiger partial charge in [0, 0.05) is 35.6 Å². The molecule has 3 atom stereocenters. The van der Waals surface area contributed by atoms with E-state index in [9.17, 15) is 14.4 Å². The molecule has 224 valence electrons. The lowest BCUT2D eigenvalue weighted by Crippen LogP contribution is -2.51. The molecule has 2 heterocycles. The molecule has 1 saturated heterocycles. The molecule has 4 aromatic rings. The zero-order valence-electron chi connectivity index (χ0n) is 24.9. The second-order valence-electron chi connectivity index (χ2n) is 11.6. The van der Waals surface area contributed by atoms with Crippen LogP contribution in [-0.4, -0.2) is 41.2 Å². The number of amides is 2. The Balaban J connectivity index is 1.22. The van der Waals surface area contributed by atoms with Crippen LogP contribution in [0, 0.1) is 0 Å². The van der Waals surface area contributed by atoms with Gasteiger partial charge in [-0.1, -0.05) is 91.7 Å². The second kappa shape index (κ2) is 14.8. The van der Waals surface area contributed by atoms with Gasteiger partial charge in [0.1, 0.15) is 11.8 Å². The van der Waals surface area contributed by atoms with Crippen molar-refractivity contribution < 1.29 is 14.4 Å². The Bertz CT molecular complexity index is 1520. The quantitative estimate of drug-likeness (QED) is 0.138. The summed E-state index contributed by atoms with van der Waals surface area (Å²) >= 11 is 0. The van der Waals surface area contributed by atoms with E-state index in [0.717, 1.165) is 59.8 Å². The number of hydrogen-bond acceptors (Lipinski definition) is 4. The Kier molecular flexibility index (Phi) is 10.4. The molecule has 1 fully saturated rings. The molecule has 3 aromatic carbocycles. The minimum atomic E-state index is -0.626. The van der Waals surface area contributed by atoms with Crippen LogP contribution in [0.1, 0.15) is 69.0 Å².